The van der Waals surface area contributed by atoms with E-state index in [0.717, 1.165) is 0 Å². The highest BCUT2D eigenvalue weighted by Gasteiger charge is 2.50. The molecule has 72 valence electrons. The molecule has 0 unspecified atom stereocenters. The summed E-state index contributed by atoms with van der Waals surface area (Å²) in [4.78, 5) is 42.4. The van der Waals surface area contributed by atoms with Gasteiger partial charge in [-0.25, -0.2) is 19.2 Å². The molecule has 4 nitrogen and oxygen atoms in total. The molecule has 0 N–H and O–H groups in total. The quantitative estimate of drug-likeness (QED) is 0.502. The second-order valence-corrected chi connectivity index (χ2v) is 3.40. The van der Waals surface area contributed by atoms with Crippen LogP contribution in [0.15, 0.2) is 22.3 Å². The summed E-state index contributed by atoms with van der Waals surface area (Å²) < 4.78 is 0. The van der Waals surface area contributed by atoms with Crippen LogP contribution in [0.25, 0.3) is 0 Å². The molecule has 0 aromatic carbocycles. The average molecular weight is 200 g/mol. The van der Waals surface area contributed by atoms with Gasteiger partial charge < -0.3 is 0 Å². The molecule has 0 radical (unpaired) electrons. The minimum atomic E-state index is -0.516. The molecule has 0 aromatic heterocycles. The summed E-state index contributed by atoms with van der Waals surface area (Å²) in [7, 11) is 0. The van der Waals surface area contributed by atoms with Crippen LogP contribution in [0.4, 0.5) is 0 Å². The smallest absolute Gasteiger partial charge is 0.129 e. The zero-order chi connectivity index (χ0) is 11.0. The first-order valence-corrected chi connectivity index (χ1v) is 4.29. The highest BCUT2D eigenvalue weighted by Crippen LogP contribution is 2.54. The van der Waals surface area contributed by atoms with Crippen molar-refractivity contribution in [2.24, 2.45) is 11.8 Å². The fraction of sp³-hybridized carbons (Fsp3) is 0.273. The molecular weight excluding hydrogens is 196 g/mol. The van der Waals surface area contributed by atoms with Crippen LogP contribution in [-0.2, 0) is 19.2 Å². The molecular formula is C11H4O4. The van der Waals surface area contributed by atoms with E-state index < -0.39 is 11.8 Å². The third kappa shape index (κ3) is 0.992. The van der Waals surface area contributed by atoms with Gasteiger partial charge in [-0.1, -0.05) is 0 Å². The molecule has 0 saturated heterocycles. The fourth-order valence-corrected chi connectivity index (χ4v) is 2.25. The lowest BCUT2D eigenvalue weighted by atomic mass is 9.85. The SMILES string of the molecule is O=C=C1C(=C=O)C2CC1C(=C=O)C2=C=O. The van der Waals surface area contributed by atoms with Gasteiger partial charge in [0.05, 0.1) is 22.3 Å². The summed E-state index contributed by atoms with van der Waals surface area (Å²) in [6.45, 7) is 0. The molecule has 0 heterocycles. The second kappa shape index (κ2) is 3.18. The van der Waals surface area contributed by atoms with Crippen molar-refractivity contribution in [2.45, 2.75) is 6.42 Å². The zero-order valence-corrected chi connectivity index (χ0v) is 7.49. The number of fused-ring (bicyclic) bond motifs is 2. The maximum atomic E-state index is 10.6. The summed E-state index contributed by atoms with van der Waals surface area (Å²) in [5.74, 6) is 5.49. The van der Waals surface area contributed by atoms with Crippen LogP contribution in [0.5, 0.6) is 0 Å². The lowest BCUT2D eigenvalue weighted by Gasteiger charge is -2.12. The summed E-state index contributed by atoms with van der Waals surface area (Å²) in [5, 5.41) is 0. The molecule has 0 spiro atoms. The molecule has 2 bridgehead atoms. The molecule has 0 amide bonds. The van der Waals surface area contributed by atoms with Crippen LogP contribution in [0.3, 0.4) is 0 Å². The molecule has 2 aliphatic carbocycles. The maximum absolute atomic E-state index is 10.6. The largest absolute Gasteiger partial charge is 0.233 e. The summed E-state index contributed by atoms with van der Waals surface area (Å²) in [6, 6.07) is 0. The van der Waals surface area contributed by atoms with Crippen LogP contribution in [0.2, 0.25) is 0 Å². The van der Waals surface area contributed by atoms with E-state index >= 15 is 0 Å². The van der Waals surface area contributed by atoms with Crippen molar-refractivity contribution in [3.63, 3.8) is 0 Å². The first kappa shape index (κ1) is 9.36. The molecule has 0 atom stereocenters. The van der Waals surface area contributed by atoms with Crippen molar-refractivity contribution >= 4 is 23.8 Å². The molecule has 0 aliphatic heterocycles. The van der Waals surface area contributed by atoms with Gasteiger partial charge in [-0.3, -0.25) is 0 Å². The predicted molar refractivity (Wildman–Crippen MR) is 48.4 cm³/mol. The number of carbonyl (C=O) groups excluding carboxylic acids is 4. The Morgan fingerprint density at radius 1 is 0.667 bits per heavy atom. The summed E-state index contributed by atoms with van der Waals surface area (Å²) in [5.41, 5.74) is 0.527. The Balaban J connectivity index is 2.73. The maximum Gasteiger partial charge on any atom is 0.129 e. The summed E-state index contributed by atoms with van der Waals surface area (Å²) in [6.07, 6.45) is 0.379. The monoisotopic (exact) mass is 200 g/mol. The minimum Gasteiger partial charge on any atom is -0.233 e. The first-order valence-electron chi connectivity index (χ1n) is 4.29. The van der Waals surface area contributed by atoms with E-state index in [4.69, 9.17) is 0 Å². The van der Waals surface area contributed by atoms with Gasteiger partial charge in [0.25, 0.3) is 0 Å². The highest BCUT2D eigenvalue weighted by molar-refractivity contribution is 5.88. The second-order valence-electron chi connectivity index (χ2n) is 3.40. The van der Waals surface area contributed by atoms with E-state index in [1.54, 1.807) is 23.8 Å². The van der Waals surface area contributed by atoms with Gasteiger partial charge in [-0.05, 0) is 6.42 Å². The normalized spacial score (nSPS) is 27.2. The fourth-order valence-electron chi connectivity index (χ4n) is 2.25. The van der Waals surface area contributed by atoms with Gasteiger partial charge in [0.2, 0.25) is 0 Å². The van der Waals surface area contributed by atoms with E-state index in [1.165, 1.54) is 0 Å². The molecule has 2 rings (SSSR count). The van der Waals surface area contributed by atoms with Crippen molar-refractivity contribution in [1.29, 1.82) is 0 Å². The van der Waals surface area contributed by atoms with Gasteiger partial charge in [0.15, 0.2) is 0 Å². The van der Waals surface area contributed by atoms with Crippen molar-refractivity contribution in [2.75, 3.05) is 0 Å². The van der Waals surface area contributed by atoms with Gasteiger partial charge in [-0.15, -0.1) is 0 Å². The Morgan fingerprint density at radius 3 is 1.13 bits per heavy atom. The van der Waals surface area contributed by atoms with Gasteiger partial charge in [0, 0.05) is 11.8 Å². The Morgan fingerprint density at radius 2 is 0.933 bits per heavy atom. The molecule has 2 aliphatic rings. The Hall–Kier alpha value is -2.20. The number of hydrogen-bond acceptors (Lipinski definition) is 4. The van der Waals surface area contributed by atoms with E-state index in [1.807, 2.05) is 0 Å². The van der Waals surface area contributed by atoms with E-state index in [0.29, 0.717) is 6.42 Å². The topological polar surface area (TPSA) is 68.3 Å². The van der Waals surface area contributed by atoms with Crippen molar-refractivity contribution in [3.05, 3.63) is 22.3 Å². The Kier molecular flexibility index (Phi) is 1.98. The van der Waals surface area contributed by atoms with Crippen molar-refractivity contribution in [3.8, 4) is 0 Å². The van der Waals surface area contributed by atoms with E-state index in [2.05, 4.69) is 0 Å². The molecule has 0 aromatic rings. The van der Waals surface area contributed by atoms with Crippen LogP contribution in [-0.4, -0.2) is 23.8 Å². The van der Waals surface area contributed by atoms with Gasteiger partial charge in [-0.2, -0.15) is 0 Å². The van der Waals surface area contributed by atoms with E-state index in [-0.39, 0.29) is 22.3 Å². The first-order chi connectivity index (χ1) is 7.28. The highest BCUT2D eigenvalue weighted by atomic mass is 16.1. The third-order valence-electron chi connectivity index (χ3n) is 2.89. The van der Waals surface area contributed by atoms with Crippen LogP contribution in [0, 0.1) is 11.8 Å². The predicted octanol–water partition coefficient (Wildman–Crippen LogP) is -0.332. The average Bonchev–Trinajstić information content (AvgIpc) is 2.80. The Bertz CT molecular complexity index is 445. The van der Waals surface area contributed by atoms with Gasteiger partial charge >= 0.3 is 0 Å². The molecule has 15 heavy (non-hydrogen) atoms. The van der Waals surface area contributed by atoms with Crippen molar-refractivity contribution < 1.29 is 19.2 Å². The lowest BCUT2D eigenvalue weighted by Crippen LogP contribution is -2.11. The van der Waals surface area contributed by atoms with Crippen LogP contribution >= 0.6 is 0 Å². The van der Waals surface area contributed by atoms with E-state index in [9.17, 15) is 19.2 Å². The van der Waals surface area contributed by atoms with Crippen LogP contribution < -0.4 is 0 Å². The number of allylic oxidation sites excluding steroid dienone is 4. The molecule has 2 fully saturated rings. The Labute approximate surface area is 84.3 Å². The number of rotatable bonds is 0. The zero-order valence-electron chi connectivity index (χ0n) is 7.49. The minimum absolute atomic E-state index is 0.132. The van der Waals surface area contributed by atoms with Gasteiger partial charge in [0.1, 0.15) is 23.8 Å². The standard InChI is InChI=1S/C11H4O4/c12-2-8-6-1-7(9(8)3-13)11(5-15)10(6)4-14/h6-7H,1H2. The summed E-state index contributed by atoms with van der Waals surface area (Å²) >= 11 is 0. The lowest BCUT2D eigenvalue weighted by molar-refractivity contribution is 0.557. The molecule has 2 saturated carbocycles. The van der Waals surface area contributed by atoms with Crippen molar-refractivity contribution in [1.82, 2.24) is 0 Å². The number of hydrogen-bond donors (Lipinski definition) is 0. The molecule has 4 heteroatoms. The van der Waals surface area contributed by atoms with Crippen LogP contribution in [0.1, 0.15) is 6.42 Å². The third-order valence-corrected chi connectivity index (χ3v) is 2.89.